The number of carboxylic acid groups (broad SMARTS) is 1. The second kappa shape index (κ2) is 19.9. The van der Waals surface area contributed by atoms with Gasteiger partial charge in [0.2, 0.25) is 29.5 Å². The molecule has 6 atom stereocenters. The molecular weight excluding hydrogens is 715 g/mol. The number of nitrogens with two attached hydrogens (primary N) is 1. The maximum Gasteiger partial charge on any atom is 0.327 e. The Balaban J connectivity index is 1.43. The van der Waals surface area contributed by atoms with E-state index in [9.17, 15) is 39.0 Å². The van der Waals surface area contributed by atoms with Gasteiger partial charge in [0.1, 0.15) is 30.2 Å². The van der Waals surface area contributed by atoms with Gasteiger partial charge in [-0.25, -0.2) is 4.79 Å². The lowest BCUT2D eigenvalue weighted by molar-refractivity contribution is -0.141. The third-order valence-corrected chi connectivity index (χ3v) is 9.01. The summed E-state index contributed by atoms with van der Waals surface area (Å²) in [5, 5.41) is 32.9. The van der Waals surface area contributed by atoms with Gasteiger partial charge in [-0.2, -0.15) is 12.6 Å². The zero-order valence-corrected chi connectivity index (χ0v) is 30.4. The average molecular weight is 760 g/mol. The fourth-order valence-electron chi connectivity index (χ4n) is 5.63. The van der Waals surface area contributed by atoms with Crippen LogP contribution in [0.3, 0.4) is 0 Å². The van der Waals surface area contributed by atoms with Crippen LogP contribution in [-0.2, 0) is 48.0 Å². The minimum Gasteiger partial charge on any atom is -0.480 e. The number of fused-ring (bicyclic) bond motifs is 1. The van der Waals surface area contributed by atoms with Crippen molar-refractivity contribution in [3.63, 3.8) is 0 Å². The van der Waals surface area contributed by atoms with Gasteiger partial charge in [-0.3, -0.25) is 24.0 Å². The molecule has 0 radical (unpaired) electrons. The summed E-state index contributed by atoms with van der Waals surface area (Å²) in [6.45, 7) is 0.586. The van der Waals surface area contributed by atoms with E-state index in [2.05, 4.69) is 44.2 Å². The molecular formula is C38H45N7O8S. The highest BCUT2D eigenvalue weighted by atomic mass is 32.1. The molecule has 0 aliphatic carbocycles. The number of carbonyl (C=O) groups is 6. The van der Waals surface area contributed by atoms with Crippen molar-refractivity contribution in [1.29, 1.82) is 0 Å². The first kappa shape index (κ1) is 41.1. The molecule has 0 aliphatic rings. The van der Waals surface area contributed by atoms with Crippen LogP contribution in [0.25, 0.3) is 10.9 Å². The number of para-hydroxylation sites is 1. The molecule has 1 aromatic heterocycles. The minimum atomic E-state index is -1.46. The van der Waals surface area contributed by atoms with Crippen molar-refractivity contribution in [2.24, 2.45) is 5.73 Å². The SMILES string of the molecule is C[C@H](NC(=O)[C@H](Cc1ccccc1)NC(=O)[C@H](CO)NC(=O)[C@@H](N)Cc1c[nH]c2ccccc12)C(=O)N[C@@H](Cc1ccccc1)C(=O)N[C@@H](CS)C(=O)O. The van der Waals surface area contributed by atoms with Crippen LogP contribution in [0, 0.1) is 0 Å². The molecule has 4 aromatic rings. The van der Waals surface area contributed by atoms with E-state index >= 15 is 0 Å². The van der Waals surface area contributed by atoms with Gasteiger partial charge in [-0.1, -0.05) is 78.9 Å². The van der Waals surface area contributed by atoms with Crippen molar-refractivity contribution in [1.82, 2.24) is 31.6 Å². The number of H-pyrrole nitrogens is 1. The summed E-state index contributed by atoms with van der Waals surface area (Å²) in [7, 11) is 0. The Morgan fingerprint density at radius 2 is 1.13 bits per heavy atom. The van der Waals surface area contributed by atoms with Gasteiger partial charge < -0.3 is 47.5 Å². The average Bonchev–Trinajstić information content (AvgIpc) is 3.58. The van der Waals surface area contributed by atoms with Gasteiger partial charge in [0.15, 0.2) is 0 Å². The Labute approximate surface area is 317 Å². The lowest BCUT2D eigenvalue weighted by Gasteiger charge is -2.26. The minimum absolute atomic E-state index is 0.0156. The highest BCUT2D eigenvalue weighted by Crippen LogP contribution is 2.19. The smallest absolute Gasteiger partial charge is 0.327 e. The number of benzene rings is 3. The lowest BCUT2D eigenvalue weighted by atomic mass is 10.0. The van der Waals surface area contributed by atoms with Crippen LogP contribution in [0.15, 0.2) is 91.1 Å². The summed E-state index contributed by atoms with van der Waals surface area (Å²) < 4.78 is 0. The number of aromatic amines is 1. The number of amides is 5. The van der Waals surface area contributed by atoms with Crippen LogP contribution in [0.4, 0.5) is 0 Å². The quantitative estimate of drug-likeness (QED) is 0.0577. The predicted octanol–water partition coefficient (Wildman–Crippen LogP) is -0.0263. The largest absolute Gasteiger partial charge is 0.480 e. The molecule has 54 heavy (non-hydrogen) atoms. The molecule has 16 heteroatoms. The lowest BCUT2D eigenvalue weighted by Crippen LogP contribution is -2.60. The molecule has 0 saturated carbocycles. The molecule has 0 saturated heterocycles. The summed E-state index contributed by atoms with van der Waals surface area (Å²) in [4.78, 5) is 81.3. The fourth-order valence-corrected chi connectivity index (χ4v) is 5.87. The van der Waals surface area contributed by atoms with E-state index in [0.717, 1.165) is 16.5 Å². The summed E-state index contributed by atoms with van der Waals surface area (Å²) >= 11 is 3.98. The van der Waals surface area contributed by atoms with Gasteiger partial charge >= 0.3 is 5.97 Å². The topological polar surface area (TPSA) is 245 Å². The molecule has 0 spiro atoms. The molecule has 3 aromatic carbocycles. The Hall–Kier alpha value is -5.71. The van der Waals surface area contributed by atoms with Gasteiger partial charge in [-0.15, -0.1) is 0 Å². The number of nitrogens with one attached hydrogen (secondary N) is 6. The van der Waals surface area contributed by atoms with Gasteiger partial charge in [-0.05, 0) is 36.1 Å². The number of carbonyl (C=O) groups excluding carboxylic acids is 5. The number of thiol groups is 1. The second-order valence-corrected chi connectivity index (χ2v) is 13.1. The number of aliphatic hydroxyl groups excluding tert-OH is 1. The molecule has 0 fully saturated rings. The van der Waals surface area contributed by atoms with Crippen molar-refractivity contribution in [2.75, 3.05) is 12.4 Å². The summed E-state index contributed by atoms with van der Waals surface area (Å²) in [5.41, 5.74) is 9.20. The van der Waals surface area contributed by atoms with Gasteiger partial charge in [0.25, 0.3) is 0 Å². The molecule has 1 heterocycles. The fraction of sp³-hybridized carbons (Fsp3) is 0.316. The standard InChI is InChI=1S/C38H45N7O8S/c1-22(33(47)42-30(17-24-12-6-3-7-13-24)36(50)45-32(21-54)38(52)53)41-35(49)29(16-23-10-4-2-5-11-23)43-37(51)31(20-46)44-34(48)27(39)18-25-19-40-28-15-9-8-14-26(25)28/h2-15,19,22,27,29-32,40,46,54H,16-18,20-21,39H2,1H3,(H,41,49)(H,42,47)(H,43,51)(H,44,48)(H,45,50)(H,52,53)/t22-,27-,29-,30-,31-,32-/m0/s1. The van der Waals surface area contributed by atoms with Crippen LogP contribution in [-0.4, -0.2) is 99.3 Å². The first-order chi connectivity index (χ1) is 25.9. The summed E-state index contributed by atoms with van der Waals surface area (Å²) in [5.74, 6) is -5.33. The number of hydrogen-bond acceptors (Lipinski definition) is 9. The third-order valence-electron chi connectivity index (χ3n) is 8.65. The predicted molar refractivity (Wildman–Crippen MR) is 204 cm³/mol. The van der Waals surface area contributed by atoms with Crippen LogP contribution >= 0.6 is 12.6 Å². The van der Waals surface area contributed by atoms with Crippen LogP contribution in [0.1, 0.15) is 23.6 Å². The molecule has 0 unspecified atom stereocenters. The van der Waals surface area contributed by atoms with E-state index in [-0.39, 0.29) is 25.0 Å². The van der Waals surface area contributed by atoms with E-state index in [1.807, 2.05) is 24.3 Å². The Kier molecular flexibility index (Phi) is 15.2. The summed E-state index contributed by atoms with van der Waals surface area (Å²) in [6, 6.07) is 17.5. The first-order valence-electron chi connectivity index (χ1n) is 17.2. The second-order valence-electron chi connectivity index (χ2n) is 12.7. The van der Waals surface area contributed by atoms with Crippen LogP contribution in [0.5, 0.6) is 0 Å². The normalized spacial score (nSPS) is 14.4. The monoisotopic (exact) mass is 759 g/mol. The highest BCUT2D eigenvalue weighted by Gasteiger charge is 2.32. The Morgan fingerprint density at radius 3 is 1.69 bits per heavy atom. The van der Waals surface area contributed by atoms with Crippen molar-refractivity contribution in [3.05, 3.63) is 108 Å². The number of aliphatic carboxylic acids is 1. The van der Waals surface area contributed by atoms with Crippen molar-refractivity contribution >= 4 is 59.0 Å². The zero-order chi connectivity index (χ0) is 39.2. The van der Waals surface area contributed by atoms with Crippen LogP contribution < -0.4 is 32.3 Å². The molecule has 10 N–H and O–H groups in total. The molecule has 0 aliphatic heterocycles. The van der Waals surface area contributed by atoms with E-state index in [0.29, 0.717) is 11.1 Å². The summed E-state index contributed by atoms with van der Waals surface area (Å²) in [6.07, 6.45) is 1.90. The number of aromatic nitrogens is 1. The molecule has 15 nitrogen and oxygen atoms in total. The number of aliphatic hydroxyl groups is 1. The van der Waals surface area contributed by atoms with E-state index in [1.54, 1.807) is 66.9 Å². The first-order valence-corrected chi connectivity index (χ1v) is 17.9. The van der Waals surface area contributed by atoms with Crippen molar-refractivity contribution in [3.8, 4) is 0 Å². The number of carboxylic acids is 1. The maximum absolute atomic E-state index is 13.7. The van der Waals surface area contributed by atoms with Gasteiger partial charge in [0.05, 0.1) is 12.6 Å². The molecule has 286 valence electrons. The van der Waals surface area contributed by atoms with E-state index in [1.165, 1.54) is 6.92 Å². The van der Waals surface area contributed by atoms with E-state index < -0.39 is 78.4 Å². The van der Waals surface area contributed by atoms with Crippen LogP contribution in [0.2, 0.25) is 0 Å². The zero-order valence-electron chi connectivity index (χ0n) is 29.5. The molecule has 0 bridgehead atoms. The van der Waals surface area contributed by atoms with E-state index in [4.69, 9.17) is 5.73 Å². The Morgan fingerprint density at radius 1 is 0.648 bits per heavy atom. The number of hydrogen-bond donors (Lipinski definition) is 10. The van der Waals surface area contributed by atoms with Gasteiger partial charge in [0, 0.05) is 35.7 Å². The van der Waals surface area contributed by atoms with Crippen molar-refractivity contribution in [2.45, 2.75) is 62.4 Å². The molecule has 5 amide bonds. The molecule has 4 rings (SSSR count). The highest BCUT2D eigenvalue weighted by molar-refractivity contribution is 7.80. The Bertz CT molecular complexity index is 1910. The maximum atomic E-state index is 13.7. The third kappa shape index (κ3) is 11.6. The number of rotatable bonds is 19. The van der Waals surface area contributed by atoms with Crippen molar-refractivity contribution < 1.29 is 39.0 Å².